The number of fused-ring (bicyclic) bond motifs is 1. The maximum Gasteiger partial charge on any atom is 0.276 e. The Morgan fingerprint density at radius 1 is 1.21 bits per heavy atom. The van der Waals surface area contributed by atoms with Gasteiger partial charge in [0.1, 0.15) is 18.1 Å². The highest BCUT2D eigenvalue weighted by Crippen LogP contribution is 2.38. The first kappa shape index (κ1) is 23.3. The van der Waals surface area contributed by atoms with Gasteiger partial charge in [0.25, 0.3) is 5.91 Å². The predicted molar refractivity (Wildman–Crippen MR) is 125 cm³/mol. The fourth-order valence-corrected chi connectivity index (χ4v) is 4.93. The van der Waals surface area contributed by atoms with E-state index in [9.17, 15) is 9.59 Å². The molecule has 0 aliphatic carbocycles. The van der Waals surface area contributed by atoms with Gasteiger partial charge in [-0.1, -0.05) is 36.7 Å². The van der Waals surface area contributed by atoms with Crippen molar-refractivity contribution in [1.82, 2.24) is 15.4 Å². The lowest BCUT2D eigenvalue weighted by atomic mass is 9.73. The summed E-state index contributed by atoms with van der Waals surface area (Å²) in [6, 6.07) is 9.83. The normalized spacial score (nSPS) is 21.3. The Balaban J connectivity index is 1.42. The van der Waals surface area contributed by atoms with Crippen molar-refractivity contribution in [2.45, 2.75) is 71.3 Å². The van der Waals surface area contributed by atoms with Crippen LogP contribution in [0.15, 0.2) is 34.9 Å². The molecule has 2 aliphatic heterocycles. The molecular weight excluding hydrogens is 418 g/mol. The van der Waals surface area contributed by atoms with Gasteiger partial charge in [-0.3, -0.25) is 9.59 Å². The van der Waals surface area contributed by atoms with Gasteiger partial charge in [-0.25, -0.2) is 0 Å². The van der Waals surface area contributed by atoms with Crippen molar-refractivity contribution < 1.29 is 18.8 Å². The molecule has 2 aliphatic rings. The van der Waals surface area contributed by atoms with Crippen LogP contribution in [-0.4, -0.2) is 47.6 Å². The number of carbonyl (C=O) groups excluding carboxylic acids is 2. The van der Waals surface area contributed by atoms with Crippen molar-refractivity contribution in [2.24, 2.45) is 5.41 Å². The Bertz CT molecular complexity index is 962. The number of piperidine rings is 1. The number of hydrogen-bond acceptors (Lipinski definition) is 5. The molecule has 1 aromatic carbocycles. The van der Waals surface area contributed by atoms with Crippen LogP contribution >= 0.6 is 0 Å². The lowest BCUT2D eigenvalue weighted by molar-refractivity contribution is -0.135. The number of nitrogens with zero attached hydrogens (tertiary/aromatic N) is 2. The van der Waals surface area contributed by atoms with Crippen LogP contribution < -0.4 is 10.1 Å². The minimum absolute atomic E-state index is 0.0891. The molecule has 1 fully saturated rings. The zero-order valence-corrected chi connectivity index (χ0v) is 19.8. The molecule has 1 N–H and O–H groups in total. The van der Waals surface area contributed by atoms with Gasteiger partial charge in [0.15, 0.2) is 5.69 Å². The third kappa shape index (κ3) is 5.40. The van der Waals surface area contributed by atoms with Crippen molar-refractivity contribution in [3.63, 3.8) is 0 Å². The summed E-state index contributed by atoms with van der Waals surface area (Å²) in [5, 5.41) is 7.15. The maximum absolute atomic E-state index is 13.4. The van der Waals surface area contributed by atoms with Gasteiger partial charge in [-0.05, 0) is 57.1 Å². The molecule has 0 bridgehead atoms. The largest absolute Gasteiger partial charge is 0.491 e. The second-order valence-corrected chi connectivity index (χ2v) is 9.50. The first-order valence-electron chi connectivity index (χ1n) is 12.3. The average Bonchev–Trinajstić information content (AvgIpc) is 3.29. The first-order valence-corrected chi connectivity index (χ1v) is 12.3. The molecule has 7 nitrogen and oxygen atoms in total. The Hall–Kier alpha value is -2.83. The van der Waals surface area contributed by atoms with Crippen molar-refractivity contribution in [2.75, 3.05) is 19.7 Å². The quantitative estimate of drug-likeness (QED) is 0.754. The van der Waals surface area contributed by atoms with E-state index >= 15 is 0 Å². The minimum atomic E-state index is -0.444. The molecule has 0 radical (unpaired) electrons. The molecule has 2 aromatic rings. The van der Waals surface area contributed by atoms with E-state index in [2.05, 4.69) is 23.5 Å². The van der Waals surface area contributed by atoms with Gasteiger partial charge in [0.2, 0.25) is 5.91 Å². The second kappa shape index (κ2) is 10.4. The summed E-state index contributed by atoms with van der Waals surface area (Å²) in [6.07, 6.45) is 6.79. The topological polar surface area (TPSA) is 84.7 Å². The number of para-hydroxylation sites is 1. The molecule has 1 aromatic heterocycles. The molecule has 7 heteroatoms. The number of amides is 2. The predicted octanol–water partition coefficient (Wildman–Crippen LogP) is 4.16. The molecule has 2 amide bonds. The molecule has 33 heavy (non-hydrogen) atoms. The summed E-state index contributed by atoms with van der Waals surface area (Å²) in [7, 11) is 0. The van der Waals surface area contributed by atoms with Gasteiger partial charge >= 0.3 is 0 Å². The Morgan fingerprint density at radius 2 is 2.00 bits per heavy atom. The van der Waals surface area contributed by atoms with E-state index in [1.54, 1.807) is 6.07 Å². The van der Waals surface area contributed by atoms with E-state index in [1.165, 1.54) is 5.56 Å². The third-order valence-corrected chi connectivity index (χ3v) is 6.95. The van der Waals surface area contributed by atoms with Gasteiger partial charge in [-0.2, -0.15) is 0 Å². The van der Waals surface area contributed by atoms with Gasteiger partial charge in [0.05, 0.1) is 11.5 Å². The van der Waals surface area contributed by atoms with Crippen molar-refractivity contribution >= 4 is 11.8 Å². The molecule has 4 rings (SSSR count). The van der Waals surface area contributed by atoms with E-state index < -0.39 is 5.41 Å². The average molecular weight is 454 g/mol. The number of aryl methyl sites for hydroxylation is 2. The van der Waals surface area contributed by atoms with Crippen molar-refractivity contribution in [1.29, 1.82) is 0 Å². The van der Waals surface area contributed by atoms with E-state index in [-0.39, 0.29) is 17.9 Å². The smallest absolute Gasteiger partial charge is 0.276 e. The molecular formula is C26H35N3O4. The maximum atomic E-state index is 13.4. The van der Waals surface area contributed by atoms with Gasteiger partial charge in [-0.15, -0.1) is 0 Å². The fourth-order valence-electron chi connectivity index (χ4n) is 4.93. The minimum Gasteiger partial charge on any atom is -0.491 e. The highest BCUT2D eigenvalue weighted by atomic mass is 16.5. The van der Waals surface area contributed by atoms with Crippen LogP contribution in [0.4, 0.5) is 0 Å². The summed E-state index contributed by atoms with van der Waals surface area (Å²) >= 11 is 0. The Labute approximate surface area is 195 Å². The molecule has 1 saturated heterocycles. The number of carbonyl (C=O) groups is 2. The molecule has 178 valence electrons. The van der Waals surface area contributed by atoms with Crippen LogP contribution in [0.2, 0.25) is 0 Å². The van der Waals surface area contributed by atoms with Gasteiger partial charge < -0.3 is 19.5 Å². The third-order valence-electron chi connectivity index (χ3n) is 6.95. The number of ether oxygens (including phenoxy) is 1. The lowest BCUT2D eigenvalue weighted by Crippen LogP contribution is -2.52. The molecule has 0 unspecified atom stereocenters. The summed E-state index contributed by atoms with van der Waals surface area (Å²) in [5.74, 6) is 1.63. The zero-order chi connectivity index (χ0) is 23.3. The summed E-state index contributed by atoms with van der Waals surface area (Å²) in [5.41, 5.74) is 1.14. The number of likely N-dealkylation sites (tertiary alicyclic amines) is 1. The highest BCUT2D eigenvalue weighted by Gasteiger charge is 2.42. The second-order valence-electron chi connectivity index (χ2n) is 9.50. The Kier molecular flexibility index (Phi) is 7.36. The van der Waals surface area contributed by atoms with Crippen LogP contribution in [-0.2, 0) is 17.6 Å². The number of hydrogen-bond donors (Lipinski definition) is 1. The van der Waals surface area contributed by atoms with Crippen LogP contribution in [0.1, 0.15) is 74.2 Å². The number of rotatable bonds is 3. The highest BCUT2D eigenvalue weighted by molar-refractivity contribution is 5.92. The molecule has 0 saturated carbocycles. The molecule has 1 atom stereocenters. The summed E-state index contributed by atoms with van der Waals surface area (Å²) in [4.78, 5) is 28.1. The number of nitrogens with one attached hydrogen (secondary N) is 1. The van der Waals surface area contributed by atoms with Crippen molar-refractivity contribution in [3.05, 3.63) is 47.3 Å². The monoisotopic (exact) mass is 453 g/mol. The number of benzene rings is 1. The van der Waals surface area contributed by atoms with Crippen molar-refractivity contribution in [3.8, 4) is 5.75 Å². The van der Waals surface area contributed by atoms with E-state index in [0.29, 0.717) is 38.2 Å². The first-order chi connectivity index (χ1) is 16.0. The SMILES string of the molecule is CCCc1cc(C(=O)N2CCC3(CCCCc4ccccc4OC[C@@H](C)NC3=O)CC2)no1. The van der Waals surface area contributed by atoms with Crippen LogP contribution in [0.3, 0.4) is 0 Å². The summed E-state index contributed by atoms with van der Waals surface area (Å²) < 4.78 is 11.3. The number of aromatic nitrogens is 1. The van der Waals surface area contributed by atoms with E-state index in [1.807, 2.05) is 30.0 Å². The van der Waals surface area contributed by atoms with Crippen LogP contribution in [0.25, 0.3) is 0 Å². The zero-order valence-electron chi connectivity index (χ0n) is 19.8. The summed E-state index contributed by atoms with van der Waals surface area (Å²) in [6.45, 7) is 5.59. The Morgan fingerprint density at radius 3 is 2.79 bits per heavy atom. The lowest BCUT2D eigenvalue weighted by Gasteiger charge is -2.41. The fraction of sp³-hybridized carbons (Fsp3) is 0.577. The van der Waals surface area contributed by atoms with Gasteiger partial charge in [0, 0.05) is 25.6 Å². The van der Waals surface area contributed by atoms with E-state index in [4.69, 9.17) is 9.26 Å². The standard InChI is InChI=1S/C26H35N3O4/c1-3-8-21-17-22(28-33-21)24(30)29-15-13-26(14-16-29)12-7-6-10-20-9-4-5-11-23(20)32-18-19(2)27-25(26)31/h4-5,9,11,17,19H,3,6-8,10,12-16,18H2,1-2H3,(H,27,31)/t19-/m1/s1. The van der Waals surface area contributed by atoms with Crippen LogP contribution in [0, 0.1) is 5.41 Å². The van der Waals surface area contributed by atoms with Crippen LogP contribution in [0.5, 0.6) is 5.75 Å². The molecule has 3 heterocycles. The molecule has 1 spiro atoms. The van der Waals surface area contributed by atoms with E-state index in [0.717, 1.165) is 50.0 Å².